The van der Waals surface area contributed by atoms with Crippen LogP contribution in [0.1, 0.15) is 35.5 Å². The Hall–Kier alpha value is -2.04. The van der Waals surface area contributed by atoms with Gasteiger partial charge in [0.1, 0.15) is 16.4 Å². The Morgan fingerprint density at radius 2 is 2.33 bits per heavy atom. The standard InChI is InChI=1S/C20H20ClN3O2S/c1-2-14-16(8-12(22)10-20(25)5-6-20)26-19-15(9-17(21)24-18(14)19)23-11-13-4-3-7-27-13/h1,3-4,7,9,12,25H,5-6,8,10-11,22H2,(H,23,24)/t12-/m1/s1. The molecule has 1 fully saturated rings. The summed E-state index contributed by atoms with van der Waals surface area (Å²) < 4.78 is 6.07. The van der Waals surface area contributed by atoms with Crippen LogP contribution in [0.3, 0.4) is 0 Å². The topological polar surface area (TPSA) is 84.3 Å². The molecule has 3 heterocycles. The number of aliphatic hydroxyl groups is 1. The monoisotopic (exact) mass is 401 g/mol. The summed E-state index contributed by atoms with van der Waals surface area (Å²) in [6, 6.07) is 5.56. The second-order valence-electron chi connectivity index (χ2n) is 7.04. The van der Waals surface area contributed by atoms with Crippen LogP contribution in [0.4, 0.5) is 5.69 Å². The van der Waals surface area contributed by atoms with Gasteiger partial charge in [-0.05, 0) is 30.7 Å². The van der Waals surface area contributed by atoms with E-state index < -0.39 is 5.60 Å². The van der Waals surface area contributed by atoms with Crippen molar-refractivity contribution in [1.82, 2.24) is 4.98 Å². The average molecular weight is 402 g/mol. The maximum Gasteiger partial charge on any atom is 0.177 e. The van der Waals surface area contributed by atoms with E-state index in [9.17, 15) is 5.11 Å². The number of fused-ring (bicyclic) bond motifs is 1. The van der Waals surface area contributed by atoms with Crippen LogP contribution < -0.4 is 11.1 Å². The Balaban J connectivity index is 1.64. The van der Waals surface area contributed by atoms with Gasteiger partial charge in [-0.3, -0.25) is 0 Å². The molecule has 0 unspecified atom stereocenters. The number of halogens is 1. The molecule has 0 aromatic carbocycles. The van der Waals surface area contributed by atoms with Crippen molar-refractivity contribution in [2.45, 2.75) is 43.9 Å². The normalized spacial score (nSPS) is 16.2. The number of terminal acetylenes is 1. The summed E-state index contributed by atoms with van der Waals surface area (Å²) in [5, 5.41) is 15.8. The lowest BCUT2D eigenvalue weighted by molar-refractivity contribution is 0.130. The smallest absolute Gasteiger partial charge is 0.177 e. The lowest BCUT2D eigenvalue weighted by Gasteiger charge is -2.14. The summed E-state index contributed by atoms with van der Waals surface area (Å²) in [5.41, 5.74) is 8.07. The molecule has 0 amide bonds. The molecule has 1 aliphatic carbocycles. The molecule has 7 heteroatoms. The van der Waals surface area contributed by atoms with Crippen LogP contribution >= 0.6 is 22.9 Å². The lowest BCUT2D eigenvalue weighted by atomic mass is 10.0. The van der Waals surface area contributed by atoms with E-state index in [-0.39, 0.29) is 6.04 Å². The molecule has 0 bridgehead atoms. The van der Waals surface area contributed by atoms with Crippen LogP contribution in [0.2, 0.25) is 5.15 Å². The molecule has 5 nitrogen and oxygen atoms in total. The van der Waals surface area contributed by atoms with Gasteiger partial charge in [0.15, 0.2) is 5.58 Å². The lowest BCUT2D eigenvalue weighted by Crippen LogP contribution is -2.29. The zero-order valence-corrected chi connectivity index (χ0v) is 16.2. The largest absolute Gasteiger partial charge is 0.456 e. The fourth-order valence-corrected chi connectivity index (χ4v) is 4.09. The second kappa shape index (κ2) is 7.17. The highest BCUT2D eigenvalue weighted by Gasteiger charge is 2.41. The van der Waals surface area contributed by atoms with Crippen molar-refractivity contribution in [1.29, 1.82) is 0 Å². The highest BCUT2D eigenvalue weighted by Crippen LogP contribution is 2.40. The minimum Gasteiger partial charge on any atom is -0.456 e. The van der Waals surface area contributed by atoms with Crippen LogP contribution in [0.25, 0.3) is 11.1 Å². The molecule has 1 atom stereocenters. The molecule has 140 valence electrons. The summed E-state index contributed by atoms with van der Waals surface area (Å²) in [6.07, 6.45) is 8.31. The molecular formula is C20H20ClN3O2S. The van der Waals surface area contributed by atoms with Crippen LogP contribution in [-0.4, -0.2) is 21.7 Å². The minimum absolute atomic E-state index is 0.233. The number of hydrogen-bond acceptors (Lipinski definition) is 6. The summed E-state index contributed by atoms with van der Waals surface area (Å²) >= 11 is 7.88. The Kier molecular flexibility index (Phi) is 4.87. The van der Waals surface area contributed by atoms with Gasteiger partial charge in [0, 0.05) is 30.0 Å². The molecule has 1 saturated carbocycles. The van der Waals surface area contributed by atoms with Gasteiger partial charge in [-0.25, -0.2) is 4.98 Å². The highest BCUT2D eigenvalue weighted by atomic mass is 35.5. The number of nitrogens with zero attached hydrogens (tertiary/aromatic N) is 1. The van der Waals surface area contributed by atoms with Gasteiger partial charge in [0.2, 0.25) is 0 Å². The van der Waals surface area contributed by atoms with Crippen LogP contribution in [0.15, 0.2) is 28.0 Å². The molecule has 0 radical (unpaired) electrons. The fraction of sp³-hybridized carbons (Fsp3) is 0.350. The van der Waals surface area contributed by atoms with E-state index in [1.54, 1.807) is 17.4 Å². The van der Waals surface area contributed by atoms with E-state index in [1.165, 1.54) is 4.88 Å². The summed E-state index contributed by atoms with van der Waals surface area (Å²) in [7, 11) is 0. The van der Waals surface area contributed by atoms with Crippen LogP contribution in [0, 0.1) is 12.3 Å². The van der Waals surface area contributed by atoms with Gasteiger partial charge in [0.25, 0.3) is 0 Å². The molecule has 0 saturated heterocycles. The van der Waals surface area contributed by atoms with Crippen molar-refractivity contribution >= 4 is 39.7 Å². The molecule has 0 spiro atoms. The molecule has 4 N–H and O–H groups in total. The van der Waals surface area contributed by atoms with Crippen molar-refractivity contribution in [3.8, 4) is 12.3 Å². The first kappa shape index (κ1) is 18.3. The van der Waals surface area contributed by atoms with Crippen LogP contribution in [0.5, 0.6) is 0 Å². The van der Waals surface area contributed by atoms with E-state index in [4.69, 9.17) is 28.2 Å². The second-order valence-corrected chi connectivity index (χ2v) is 8.46. The number of anilines is 1. The number of thiophene rings is 1. The number of aromatic nitrogens is 1. The summed E-state index contributed by atoms with van der Waals surface area (Å²) in [4.78, 5) is 5.56. The Bertz CT molecular complexity index is 1000. The molecule has 1 aliphatic rings. The zero-order valence-electron chi connectivity index (χ0n) is 14.7. The molecule has 3 aromatic rings. The van der Waals surface area contributed by atoms with Crippen LogP contribution in [-0.2, 0) is 13.0 Å². The first-order chi connectivity index (χ1) is 13.0. The van der Waals surface area contributed by atoms with Gasteiger partial charge in [-0.2, -0.15) is 0 Å². The first-order valence-electron chi connectivity index (χ1n) is 8.80. The third-order valence-electron chi connectivity index (χ3n) is 4.78. The van der Waals surface area contributed by atoms with E-state index in [0.29, 0.717) is 47.0 Å². The predicted molar refractivity (Wildman–Crippen MR) is 109 cm³/mol. The number of hydrogen-bond donors (Lipinski definition) is 3. The maximum atomic E-state index is 10.1. The van der Waals surface area contributed by atoms with Crippen molar-refractivity contribution in [2.75, 3.05) is 5.32 Å². The van der Waals surface area contributed by atoms with E-state index in [1.807, 2.05) is 11.4 Å². The number of nitrogens with two attached hydrogens (primary N) is 1. The number of pyridine rings is 1. The fourth-order valence-electron chi connectivity index (χ4n) is 3.25. The van der Waals surface area contributed by atoms with Crippen molar-refractivity contribution in [3.63, 3.8) is 0 Å². The summed E-state index contributed by atoms with van der Waals surface area (Å²) in [5.74, 6) is 3.28. The predicted octanol–water partition coefficient (Wildman–Crippen LogP) is 3.92. The Labute approximate surface area is 166 Å². The van der Waals surface area contributed by atoms with Gasteiger partial charge >= 0.3 is 0 Å². The molecule has 27 heavy (non-hydrogen) atoms. The highest BCUT2D eigenvalue weighted by molar-refractivity contribution is 7.09. The SMILES string of the molecule is C#Cc1c(C[C@@H](N)CC2(O)CC2)oc2c(NCc3cccs3)cc(Cl)nc12. The number of nitrogens with one attached hydrogen (secondary N) is 1. The molecule has 4 rings (SSSR count). The average Bonchev–Trinajstić information content (AvgIpc) is 3.02. The van der Waals surface area contributed by atoms with Crippen molar-refractivity contribution < 1.29 is 9.52 Å². The first-order valence-corrected chi connectivity index (χ1v) is 10.1. The van der Waals surface area contributed by atoms with Gasteiger partial charge < -0.3 is 20.6 Å². The van der Waals surface area contributed by atoms with E-state index >= 15 is 0 Å². The molecular weight excluding hydrogens is 382 g/mol. The van der Waals surface area contributed by atoms with Crippen molar-refractivity contribution in [3.05, 3.63) is 44.9 Å². The van der Waals surface area contributed by atoms with Crippen molar-refractivity contribution in [2.24, 2.45) is 5.73 Å². The summed E-state index contributed by atoms with van der Waals surface area (Å²) in [6.45, 7) is 0.654. The van der Waals surface area contributed by atoms with Gasteiger partial charge in [0.05, 0.1) is 16.9 Å². The molecule has 0 aliphatic heterocycles. The third kappa shape index (κ3) is 3.97. The quantitative estimate of drug-likeness (QED) is 0.412. The minimum atomic E-state index is -0.614. The van der Waals surface area contributed by atoms with Gasteiger partial charge in [-0.15, -0.1) is 17.8 Å². The number of rotatable bonds is 7. The third-order valence-corrected chi connectivity index (χ3v) is 5.85. The van der Waals surface area contributed by atoms with E-state index in [0.717, 1.165) is 18.5 Å². The number of furan rings is 1. The van der Waals surface area contributed by atoms with E-state index in [2.05, 4.69) is 22.3 Å². The molecule has 3 aromatic heterocycles. The van der Waals surface area contributed by atoms with Gasteiger partial charge in [-0.1, -0.05) is 23.6 Å². The zero-order chi connectivity index (χ0) is 19.0. The Morgan fingerprint density at radius 3 is 3.00 bits per heavy atom. The maximum absolute atomic E-state index is 10.1. The Morgan fingerprint density at radius 1 is 1.52 bits per heavy atom.